The summed E-state index contributed by atoms with van der Waals surface area (Å²) < 4.78 is 11.8. The Labute approximate surface area is 169 Å². The van der Waals surface area contributed by atoms with Crippen molar-refractivity contribution >= 4 is 0 Å². The average molecular weight is 386 g/mol. The van der Waals surface area contributed by atoms with Crippen LogP contribution in [0.4, 0.5) is 0 Å². The number of aromatic hydroxyl groups is 1. The molecule has 0 radical (unpaired) electrons. The SMILES string of the molecule is CNCc1cc(C(C)CCOc2cc(C(C)C)ccc2O)ccc1OC(C)C. The topological polar surface area (TPSA) is 50.7 Å². The lowest BCUT2D eigenvalue weighted by Gasteiger charge is -2.18. The average Bonchev–Trinajstić information content (AvgIpc) is 2.64. The molecular formula is C24H35NO3. The number of phenolic OH excluding ortho intramolecular Hbond substituents is 1. The molecule has 0 bridgehead atoms. The van der Waals surface area contributed by atoms with E-state index in [0.29, 0.717) is 24.2 Å². The third kappa shape index (κ3) is 6.16. The molecule has 4 heteroatoms. The van der Waals surface area contributed by atoms with Gasteiger partial charge >= 0.3 is 0 Å². The molecule has 2 rings (SSSR count). The van der Waals surface area contributed by atoms with Crippen LogP contribution < -0.4 is 14.8 Å². The number of rotatable bonds is 10. The van der Waals surface area contributed by atoms with Gasteiger partial charge in [-0.05, 0) is 68.5 Å². The molecular weight excluding hydrogens is 350 g/mol. The molecule has 2 N–H and O–H groups in total. The number of ether oxygens (including phenoxy) is 2. The normalized spacial score (nSPS) is 12.4. The highest BCUT2D eigenvalue weighted by atomic mass is 16.5. The first kappa shape index (κ1) is 22.1. The van der Waals surface area contributed by atoms with Crippen LogP contribution in [0.15, 0.2) is 36.4 Å². The molecule has 2 aromatic carbocycles. The number of benzene rings is 2. The Bertz CT molecular complexity index is 756. The second-order valence-corrected chi connectivity index (χ2v) is 7.98. The molecule has 4 nitrogen and oxygen atoms in total. The predicted octanol–water partition coefficient (Wildman–Crippen LogP) is 5.59. The van der Waals surface area contributed by atoms with Gasteiger partial charge in [-0.25, -0.2) is 0 Å². The van der Waals surface area contributed by atoms with Crippen LogP contribution in [0, 0.1) is 0 Å². The van der Waals surface area contributed by atoms with Crippen molar-refractivity contribution in [1.29, 1.82) is 0 Å². The van der Waals surface area contributed by atoms with Gasteiger partial charge in [0.25, 0.3) is 0 Å². The molecule has 0 aromatic heterocycles. The van der Waals surface area contributed by atoms with Crippen LogP contribution in [-0.2, 0) is 6.54 Å². The van der Waals surface area contributed by atoms with Crippen molar-refractivity contribution in [3.05, 3.63) is 53.1 Å². The lowest BCUT2D eigenvalue weighted by Crippen LogP contribution is -2.12. The fourth-order valence-electron chi connectivity index (χ4n) is 3.12. The molecule has 0 saturated heterocycles. The van der Waals surface area contributed by atoms with Gasteiger partial charge < -0.3 is 19.9 Å². The molecule has 2 aromatic rings. The molecule has 1 atom stereocenters. The van der Waals surface area contributed by atoms with E-state index >= 15 is 0 Å². The summed E-state index contributed by atoms with van der Waals surface area (Å²) in [6.45, 7) is 11.9. The molecule has 1 unspecified atom stereocenters. The van der Waals surface area contributed by atoms with E-state index in [2.05, 4.69) is 44.3 Å². The third-order valence-corrected chi connectivity index (χ3v) is 4.84. The smallest absolute Gasteiger partial charge is 0.161 e. The Hall–Kier alpha value is -2.20. The maximum Gasteiger partial charge on any atom is 0.161 e. The standard InChI is InChI=1S/C24H35NO3/c1-16(2)19-7-9-22(26)24(14-19)27-12-11-18(5)20-8-10-23(28-17(3)4)21(13-20)15-25-6/h7-10,13-14,16-18,25-26H,11-12,15H2,1-6H3. The Morgan fingerprint density at radius 1 is 0.929 bits per heavy atom. The molecule has 0 aliphatic rings. The van der Waals surface area contributed by atoms with Gasteiger partial charge in [0.2, 0.25) is 0 Å². The molecule has 0 spiro atoms. The summed E-state index contributed by atoms with van der Waals surface area (Å²) in [5.74, 6) is 2.45. The molecule has 0 aliphatic carbocycles. The fraction of sp³-hybridized carbons (Fsp3) is 0.500. The van der Waals surface area contributed by atoms with E-state index in [1.54, 1.807) is 6.07 Å². The molecule has 0 fully saturated rings. The van der Waals surface area contributed by atoms with Gasteiger partial charge in [0.05, 0.1) is 12.7 Å². The molecule has 0 aliphatic heterocycles. The van der Waals surface area contributed by atoms with Crippen molar-refractivity contribution < 1.29 is 14.6 Å². The number of nitrogens with one attached hydrogen (secondary N) is 1. The maximum atomic E-state index is 10.1. The first-order valence-electron chi connectivity index (χ1n) is 10.2. The largest absolute Gasteiger partial charge is 0.504 e. The van der Waals surface area contributed by atoms with Crippen molar-refractivity contribution in [2.45, 2.75) is 65.5 Å². The highest BCUT2D eigenvalue weighted by molar-refractivity contribution is 5.43. The van der Waals surface area contributed by atoms with Gasteiger partial charge in [0.15, 0.2) is 11.5 Å². The van der Waals surface area contributed by atoms with Gasteiger partial charge in [0, 0.05) is 12.1 Å². The molecule has 0 amide bonds. The molecule has 0 saturated carbocycles. The van der Waals surface area contributed by atoms with E-state index in [1.807, 2.05) is 33.0 Å². The minimum Gasteiger partial charge on any atom is -0.504 e. The zero-order valence-electron chi connectivity index (χ0n) is 18.1. The minimum absolute atomic E-state index is 0.154. The second-order valence-electron chi connectivity index (χ2n) is 7.98. The number of phenols is 1. The summed E-state index contributed by atoms with van der Waals surface area (Å²) in [4.78, 5) is 0. The first-order valence-corrected chi connectivity index (χ1v) is 10.2. The third-order valence-electron chi connectivity index (χ3n) is 4.84. The van der Waals surface area contributed by atoms with Crippen molar-refractivity contribution in [1.82, 2.24) is 5.32 Å². The molecule has 28 heavy (non-hydrogen) atoms. The Morgan fingerprint density at radius 3 is 2.29 bits per heavy atom. The minimum atomic E-state index is 0.154. The summed E-state index contributed by atoms with van der Waals surface area (Å²) in [6, 6.07) is 12.0. The van der Waals surface area contributed by atoms with Crippen LogP contribution >= 0.6 is 0 Å². The highest BCUT2D eigenvalue weighted by Gasteiger charge is 2.12. The van der Waals surface area contributed by atoms with Crippen LogP contribution in [0.25, 0.3) is 0 Å². The summed E-state index contributed by atoms with van der Waals surface area (Å²) in [5, 5.41) is 13.3. The Balaban J connectivity index is 2.02. The first-order chi connectivity index (χ1) is 13.3. The molecule has 154 valence electrons. The van der Waals surface area contributed by atoms with Crippen molar-refractivity contribution in [3.8, 4) is 17.2 Å². The lowest BCUT2D eigenvalue weighted by molar-refractivity contribution is 0.239. The maximum absolute atomic E-state index is 10.1. The van der Waals surface area contributed by atoms with Crippen LogP contribution in [0.3, 0.4) is 0 Å². The highest BCUT2D eigenvalue weighted by Crippen LogP contribution is 2.31. The van der Waals surface area contributed by atoms with Crippen molar-refractivity contribution in [3.63, 3.8) is 0 Å². The number of hydrogen-bond donors (Lipinski definition) is 2. The van der Waals surface area contributed by atoms with E-state index in [1.165, 1.54) is 16.7 Å². The van der Waals surface area contributed by atoms with E-state index in [0.717, 1.165) is 18.7 Å². The quantitative estimate of drug-likeness (QED) is 0.559. The van der Waals surface area contributed by atoms with Crippen LogP contribution in [0.2, 0.25) is 0 Å². The van der Waals surface area contributed by atoms with Crippen molar-refractivity contribution in [2.75, 3.05) is 13.7 Å². The summed E-state index contributed by atoms with van der Waals surface area (Å²) in [6.07, 6.45) is 1.02. The molecule has 0 heterocycles. The Morgan fingerprint density at radius 2 is 1.64 bits per heavy atom. The van der Waals surface area contributed by atoms with Gasteiger partial charge in [-0.3, -0.25) is 0 Å². The second kappa shape index (κ2) is 10.4. The summed E-state index contributed by atoms with van der Waals surface area (Å²) in [5.41, 5.74) is 3.60. The van der Waals surface area contributed by atoms with E-state index in [9.17, 15) is 5.11 Å². The predicted molar refractivity (Wildman–Crippen MR) is 116 cm³/mol. The summed E-state index contributed by atoms with van der Waals surface area (Å²) in [7, 11) is 1.95. The monoisotopic (exact) mass is 385 g/mol. The van der Waals surface area contributed by atoms with Gasteiger partial charge in [-0.2, -0.15) is 0 Å². The van der Waals surface area contributed by atoms with Crippen LogP contribution in [0.1, 0.15) is 69.6 Å². The Kier molecular flexibility index (Phi) is 8.18. The lowest BCUT2D eigenvalue weighted by atomic mass is 9.96. The zero-order valence-corrected chi connectivity index (χ0v) is 18.1. The summed E-state index contributed by atoms with van der Waals surface area (Å²) >= 11 is 0. The number of hydrogen-bond acceptors (Lipinski definition) is 4. The van der Waals surface area contributed by atoms with Crippen LogP contribution in [0.5, 0.6) is 17.2 Å². The van der Waals surface area contributed by atoms with E-state index < -0.39 is 0 Å². The van der Waals surface area contributed by atoms with E-state index in [-0.39, 0.29) is 11.9 Å². The van der Waals surface area contributed by atoms with Crippen LogP contribution in [-0.4, -0.2) is 24.9 Å². The van der Waals surface area contributed by atoms with E-state index in [4.69, 9.17) is 9.47 Å². The van der Waals surface area contributed by atoms with Crippen molar-refractivity contribution in [2.24, 2.45) is 0 Å². The van der Waals surface area contributed by atoms with Gasteiger partial charge in [0.1, 0.15) is 5.75 Å². The zero-order chi connectivity index (χ0) is 20.7. The van der Waals surface area contributed by atoms with Gasteiger partial charge in [-0.1, -0.05) is 39.0 Å². The fourth-order valence-corrected chi connectivity index (χ4v) is 3.12. The van der Waals surface area contributed by atoms with Gasteiger partial charge in [-0.15, -0.1) is 0 Å².